The number of piperidine rings is 1. The molecule has 0 radical (unpaired) electrons. The van der Waals surface area contributed by atoms with E-state index in [1.807, 2.05) is 6.07 Å². The minimum atomic E-state index is -0.921. The summed E-state index contributed by atoms with van der Waals surface area (Å²) in [7, 11) is 2.10. The number of aromatic nitrogens is 1. The summed E-state index contributed by atoms with van der Waals surface area (Å²) in [6.45, 7) is 3.81. The number of hydrogen-bond acceptors (Lipinski definition) is 4. The largest absolute Gasteiger partial charge is 0.508 e. The first-order chi connectivity index (χ1) is 16.7. The second-order valence-corrected chi connectivity index (χ2v) is 9.55. The van der Waals surface area contributed by atoms with Crippen molar-refractivity contribution in [2.24, 2.45) is 11.3 Å². The number of halogens is 2. The van der Waals surface area contributed by atoms with Crippen LogP contribution in [0.4, 0.5) is 8.78 Å². The van der Waals surface area contributed by atoms with Crippen molar-refractivity contribution in [2.45, 2.75) is 19.4 Å². The first-order valence-corrected chi connectivity index (χ1v) is 11.5. The molecule has 7 heteroatoms. The molecule has 1 saturated heterocycles. The zero-order chi connectivity index (χ0) is 24.7. The van der Waals surface area contributed by atoms with E-state index in [0.717, 1.165) is 31.6 Å². The molecule has 0 bridgehead atoms. The lowest BCUT2D eigenvalue weighted by atomic mass is 9.97. The predicted octanol–water partition coefficient (Wildman–Crippen LogP) is 4.20. The fraction of sp³-hybridized carbons (Fsp3) is 0.286. The third kappa shape index (κ3) is 4.75. The van der Waals surface area contributed by atoms with Crippen LogP contribution >= 0.6 is 0 Å². The van der Waals surface area contributed by atoms with Gasteiger partial charge in [-0.2, -0.15) is 0 Å². The molecule has 3 aromatic rings. The Labute approximate surface area is 202 Å². The highest BCUT2D eigenvalue weighted by Crippen LogP contribution is 2.56. The van der Waals surface area contributed by atoms with Crippen molar-refractivity contribution in [1.29, 1.82) is 0 Å². The van der Waals surface area contributed by atoms with E-state index in [1.165, 1.54) is 30.3 Å². The number of nitrogens with zero attached hydrogens (tertiary/aromatic N) is 2. The van der Waals surface area contributed by atoms with Crippen molar-refractivity contribution in [2.75, 3.05) is 20.1 Å². The summed E-state index contributed by atoms with van der Waals surface area (Å²) in [6, 6.07) is 11.5. The van der Waals surface area contributed by atoms with Crippen molar-refractivity contribution in [3.63, 3.8) is 0 Å². The molecule has 0 unspecified atom stereocenters. The van der Waals surface area contributed by atoms with Gasteiger partial charge in [0.2, 0.25) is 0 Å². The Bertz CT molecular complexity index is 1360. The minimum Gasteiger partial charge on any atom is -0.508 e. The van der Waals surface area contributed by atoms with Crippen LogP contribution in [0.3, 0.4) is 0 Å². The molecule has 1 aromatic heterocycles. The number of rotatable bonds is 4. The highest BCUT2D eigenvalue weighted by molar-refractivity contribution is 5.93. The third-order valence-corrected chi connectivity index (χ3v) is 6.74. The number of nitrogens with one attached hydrogen (secondary N) is 1. The number of aromatic hydroxyl groups is 1. The van der Waals surface area contributed by atoms with Gasteiger partial charge in [-0.1, -0.05) is 24.0 Å². The molecule has 1 aliphatic heterocycles. The maximum atomic E-state index is 14.0. The maximum Gasteiger partial charge on any atom is 0.270 e. The molecule has 5 rings (SSSR count). The fourth-order valence-corrected chi connectivity index (χ4v) is 4.94. The Hall–Kier alpha value is -3.76. The second-order valence-electron chi connectivity index (χ2n) is 9.55. The van der Waals surface area contributed by atoms with Gasteiger partial charge in [-0.3, -0.25) is 4.79 Å². The molecule has 35 heavy (non-hydrogen) atoms. The Morgan fingerprint density at radius 2 is 1.91 bits per heavy atom. The van der Waals surface area contributed by atoms with Gasteiger partial charge in [-0.25, -0.2) is 13.8 Å². The highest BCUT2D eigenvalue weighted by atomic mass is 19.1. The Balaban J connectivity index is 1.44. The summed E-state index contributed by atoms with van der Waals surface area (Å²) in [5.41, 5.74) is 2.19. The molecule has 178 valence electrons. The molecule has 1 saturated carbocycles. The number of amides is 1. The number of fused-ring (bicyclic) bond motifs is 1. The number of hydrogen-bond donors (Lipinski definition) is 2. The van der Waals surface area contributed by atoms with E-state index in [1.54, 1.807) is 13.0 Å². The quantitative estimate of drug-likeness (QED) is 0.558. The zero-order valence-electron chi connectivity index (χ0n) is 19.5. The molecule has 2 heterocycles. The van der Waals surface area contributed by atoms with Crippen molar-refractivity contribution < 1.29 is 18.7 Å². The number of aryl methyl sites for hydroxylation is 1. The van der Waals surface area contributed by atoms with Gasteiger partial charge in [-0.05, 0) is 74.3 Å². The summed E-state index contributed by atoms with van der Waals surface area (Å²) >= 11 is 0. The van der Waals surface area contributed by atoms with Gasteiger partial charge in [0.05, 0.1) is 6.04 Å². The van der Waals surface area contributed by atoms with Crippen LogP contribution in [0.1, 0.15) is 45.3 Å². The lowest BCUT2D eigenvalue weighted by Crippen LogP contribution is -2.30. The van der Waals surface area contributed by atoms with E-state index in [2.05, 4.69) is 34.1 Å². The van der Waals surface area contributed by atoms with E-state index >= 15 is 0 Å². The van der Waals surface area contributed by atoms with Crippen LogP contribution in [0, 0.1) is 41.7 Å². The number of likely N-dealkylation sites (tertiary alicyclic amines) is 1. The summed E-state index contributed by atoms with van der Waals surface area (Å²) in [4.78, 5) is 19.9. The van der Waals surface area contributed by atoms with Crippen LogP contribution in [0.5, 0.6) is 5.75 Å². The molecule has 3 atom stereocenters. The Morgan fingerprint density at radius 1 is 1.17 bits per heavy atom. The van der Waals surface area contributed by atoms with E-state index in [4.69, 9.17) is 0 Å². The first-order valence-electron chi connectivity index (χ1n) is 11.5. The van der Waals surface area contributed by atoms with Gasteiger partial charge in [0.1, 0.15) is 23.1 Å². The molecule has 0 spiro atoms. The predicted molar refractivity (Wildman–Crippen MR) is 128 cm³/mol. The zero-order valence-corrected chi connectivity index (χ0v) is 19.5. The monoisotopic (exact) mass is 473 g/mol. The minimum absolute atomic E-state index is 0.0525. The first kappa shape index (κ1) is 23.0. The van der Waals surface area contributed by atoms with E-state index < -0.39 is 23.6 Å². The highest BCUT2D eigenvalue weighted by Gasteiger charge is 2.58. The van der Waals surface area contributed by atoms with Crippen molar-refractivity contribution in [1.82, 2.24) is 15.2 Å². The summed E-state index contributed by atoms with van der Waals surface area (Å²) in [5, 5.41) is 13.2. The smallest absolute Gasteiger partial charge is 0.270 e. The fourth-order valence-electron chi connectivity index (χ4n) is 4.94. The maximum absolute atomic E-state index is 14.0. The number of benzene rings is 2. The van der Waals surface area contributed by atoms with Gasteiger partial charge < -0.3 is 15.3 Å². The average Bonchev–Trinajstić information content (AvgIpc) is 3.38. The normalized spacial score (nSPS) is 21.5. The molecule has 1 amide bonds. The molecule has 2 fully saturated rings. The van der Waals surface area contributed by atoms with Gasteiger partial charge in [0, 0.05) is 35.3 Å². The molecule has 2 aromatic carbocycles. The van der Waals surface area contributed by atoms with Gasteiger partial charge in [0.25, 0.3) is 5.91 Å². The number of phenolic OH excluding ortho intramolecular Hbond substituents is 1. The lowest BCUT2D eigenvalue weighted by molar-refractivity contribution is 0.0937. The molecular formula is C28H25F2N3O2. The van der Waals surface area contributed by atoms with Gasteiger partial charge in [0.15, 0.2) is 0 Å². The van der Waals surface area contributed by atoms with Crippen LogP contribution in [0.25, 0.3) is 0 Å². The van der Waals surface area contributed by atoms with Crippen molar-refractivity contribution in [3.05, 3.63) is 94.3 Å². The standard InChI is InChI=1S/C28H25F2N3O2/c1-17-11-18(9-10-28-14-20(28)15-33(2)16-28)12-24(31-17)27(35)32-26(19-3-5-21(29)6-4-19)23-13-22(30)7-8-25(23)34/h3-8,11-13,20,26,34H,14-16H2,1-2H3,(H,32,35)/t20-,26-,28+/m0/s1. The Kier molecular flexibility index (Phi) is 5.78. The summed E-state index contributed by atoms with van der Waals surface area (Å²) in [6.07, 6.45) is 1.11. The van der Waals surface area contributed by atoms with E-state index in [9.17, 15) is 18.7 Å². The summed E-state index contributed by atoms with van der Waals surface area (Å²) in [5.74, 6) is 5.55. The van der Waals surface area contributed by atoms with Crippen molar-refractivity contribution in [3.8, 4) is 17.6 Å². The van der Waals surface area contributed by atoms with Crippen LogP contribution in [-0.2, 0) is 0 Å². The van der Waals surface area contributed by atoms with Crippen molar-refractivity contribution >= 4 is 5.91 Å². The number of pyridine rings is 1. The van der Waals surface area contributed by atoms with E-state index in [0.29, 0.717) is 22.7 Å². The van der Waals surface area contributed by atoms with Crippen LogP contribution < -0.4 is 5.32 Å². The molecule has 2 aliphatic rings. The average molecular weight is 474 g/mol. The second kappa shape index (κ2) is 8.79. The third-order valence-electron chi connectivity index (χ3n) is 6.74. The number of phenols is 1. The lowest BCUT2D eigenvalue weighted by Gasteiger charge is -2.21. The SMILES string of the molecule is Cc1cc(C#C[C@]23C[C@H]2CN(C)C3)cc(C(=O)N[C@@H](c2ccc(F)cc2)c2cc(F)ccc2O)n1. The number of carbonyl (C=O) groups is 1. The van der Waals surface area contributed by atoms with Crippen LogP contribution in [-0.4, -0.2) is 41.0 Å². The summed E-state index contributed by atoms with van der Waals surface area (Å²) < 4.78 is 27.5. The molecule has 1 aliphatic carbocycles. The molecule has 2 N–H and O–H groups in total. The number of carbonyl (C=O) groups excluding carboxylic acids is 1. The molecular weight excluding hydrogens is 448 g/mol. The Morgan fingerprint density at radius 3 is 2.63 bits per heavy atom. The van der Waals surface area contributed by atoms with Crippen LogP contribution in [0.2, 0.25) is 0 Å². The molecule has 5 nitrogen and oxygen atoms in total. The topological polar surface area (TPSA) is 65.5 Å². The van der Waals surface area contributed by atoms with E-state index in [-0.39, 0.29) is 22.4 Å². The van der Waals surface area contributed by atoms with Gasteiger partial charge >= 0.3 is 0 Å². The van der Waals surface area contributed by atoms with Gasteiger partial charge in [-0.15, -0.1) is 0 Å². The van der Waals surface area contributed by atoms with Crippen LogP contribution in [0.15, 0.2) is 54.6 Å².